The van der Waals surface area contributed by atoms with E-state index in [1.165, 1.54) is 0 Å². The molecule has 0 unspecified atom stereocenters. The van der Waals surface area contributed by atoms with Gasteiger partial charge in [-0.1, -0.05) is 35.0 Å². The lowest BCUT2D eigenvalue weighted by Crippen LogP contribution is -2.08. The summed E-state index contributed by atoms with van der Waals surface area (Å²) in [6, 6.07) is 3.20. The van der Waals surface area contributed by atoms with Crippen LogP contribution in [0.15, 0.2) is 12.1 Å². The summed E-state index contributed by atoms with van der Waals surface area (Å²) in [5, 5.41) is 0.518. The number of nitrogens with zero attached hydrogens (tertiary/aromatic N) is 1. The lowest BCUT2D eigenvalue weighted by atomic mass is 10.3. The van der Waals surface area contributed by atoms with Gasteiger partial charge in [-0.25, -0.2) is 4.98 Å². The molecule has 0 aromatic carbocycles. The van der Waals surface area contributed by atoms with Crippen molar-refractivity contribution >= 4 is 29.1 Å². The van der Waals surface area contributed by atoms with Gasteiger partial charge in [0.2, 0.25) is 5.91 Å². The van der Waals surface area contributed by atoms with Crippen LogP contribution in [-0.4, -0.2) is 10.9 Å². The number of carbonyl (C=O) groups excluding carboxylic acids is 1. The summed E-state index contributed by atoms with van der Waals surface area (Å²) in [5.41, 5.74) is 5.43. The fourth-order valence-electron chi connectivity index (χ4n) is 0.732. The minimum Gasteiger partial charge on any atom is -0.369 e. The van der Waals surface area contributed by atoms with Crippen LogP contribution < -0.4 is 5.73 Å². The Morgan fingerprint density at radius 3 is 2.79 bits per heavy atom. The first kappa shape index (κ1) is 10.8. The zero-order valence-electron chi connectivity index (χ0n) is 7.05. The van der Waals surface area contributed by atoms with E-state index in [-0.39, 0.29) is 11.6 Å². The highest BCUT2D eigenvalue weighted by atomic mass is 35.5. The average Bonchev–Trinajstić information content (AvgIpc) is 2.08. The third kappa shape index (κ3) is 3.25. The molecule has 0 saturated heterocycles. The third-order valence-corrected chi connectivity index (χ3v) is 1.80. The first-order valence-corrected chi connectivity index (χ1v) is 4.44. The van der Waals surface area contributed by atoms with Crippen LogP contribution in [0.1, 0.15) is 12.0 Å². The first-order chi connectivity index (χ1) is 6.59. The molecule has 1 amide bonds. The van der Waals surface area contributed by atoms with E-state index in [0.717, 1.165) is 0 Å². The van der Waals surface area contributed by atoms with Crippen molar-refractivity contribution < 1.29 is 4.79 Å². The molecule has 0 fully saturated rings. The fraction of sp³-hybridized carbons (Fsp3) is 0.111. The van der Waals surface area contributed by atoms with E-state index < -0.39 is 5.91 Å². The summed E-state index contributed by atoms with van der Waals surface area (Å²) in [6.45, 7) is 0. The number of primary amides is 1. The van der Waals surface area contributed by atoms with Crippen molar-refractivity contribution in [2.75, 3.05) is 0 Å². The Bertz CT molecular complexity index is 421. The minimum atomic E-state index is -0.476. The smallest absolute Gasteiger partial charge is 0.229 e. The minimum absolute atomic E-state index is 0.00104. The molecule has 14 heavy (non-hydrogen) atoms. The second-order valence-corrected chi connectivity index (χ2v) is 3.16. The summed E-state index contributed by atoms with van der Waals surface area (Å²) in [7, 11) is 0. The summed E-state index contributed by atoms with van der Waals surface area (Å²) >= 11 is 11.3. The summed E-state index contributed by atoms with van der Waals surface area (Å²) < 4.78 is 0. The van der Waals surface area contributed by atoms with E-state index in [4.69, 9.17) is 28.9 Å². The maximum Gasteiger partial charge on any atom is 0.229 e. The molecule has 1 rings (SSSR count). The van der Waals surface area contributed by atoms with Crippen LogP contribution in [0, 0.1) is 11.8 Å². The van der Waals surface area contributed by atoms with Crippen molar-refractivity contribution in [1.29, 1.82) is 0 Å². The molecule has 5 heteroatoms. The number of rotatable bonds is 1. The van der Waals surface area contributed by atoms with E-state index >= 15 is 0 Å². The number of aromatic nitrogens is 1. The van der Waals surface area contributed by atoms with Crippen LogP contribution in [0.3, 0.4) is 0 Å². The van der Waals surface area contributed by atoms with Gasteiger partial charge in [-0.2, -0.15) is 0 Å². The molecular formula is C9H6Cl2N2O. The predicted molar refractivity (Wildman–Crippen MR) is 54.9 cm³/mol. The normalized spacial score (nSPS) is 9.00. The molecule has 1 aromatic rings. The Kier molecular flexibility index (Phi) is 3.75. The first-order valence-electron chi connectivity index (χ1n) is 3.69. The van der Waals surface area contributed by atoms with Gasteiger partial charge >= 0.3 is 0 Å². The van der Waals surface area contributed by atoms with Gasteiger partial charge in [-0.3, -0.25) is 4.79 Å². The maximum atomic E-state index is 10.4. The van der Waals surface area contributed by atoms with Crippen LogP contribution in [0.2, 0.25) is 10.3 Å². The van der Waals surface area contributed by atoms with Crippen molar-refractivity contribution in [3.05, 3.63) is 28.0 Å². The molecule has 0 aliphatic carbocycles. The average molecular weight is 229 g/mol. The second kappa shape index (κ2) is 4.85. The zero-order chi connectivity index (χ0) is 10.6. The second-order valence-electron chi connectivity index (χ2n) is 2.42. The van der Waals surface area contributed by atoms with Crippen LogP contribution in [0.25, 0.3) is 0 Å². The van der Waals surface area contributed by atoms with Crippen molar-refractivity contribution in [3.8, 4) is 11.8 Å². The molecule has 0 radical (unpaired) electrons. The highest BCUT2D eigenvalue weighted by molar-refractivity contribution is 6.33. The predicted octanol–water partition coefficient (Wildman–Crippen LogP) is 1.62. The van der Waals surface area contributed by atoms with Crippen LogP contribution >= 0.6 is 23.2 Å². The number of halogens is 2. The van der Waals surface area contributed by atoms with Gasteiger partial charge in [-0.15, -0.1) is 0 Å². The van der Waals surface area contributed by atoms with Gasteiger partial charge in [0.15, 0.2) is 0 Å². The molecule has 1 aromatic heterocycles. The Morgan fingerprint density at radius 2 is 2.21 bits per heavy atom. The standard InChI is InChI=1S/C9H6Cl2N2O/c10-7-5-4-6(9(11)13-7)2-1-3-8(12)14/h4-5H,3H2,(H2,12,14). The van der Waals surface area contributed by atoms with Crippen molar-refractivity contribution in [3.63, 3.8) is 0 Å². The summed E-state index contributed by atoms with van der Waals surface area (Å²) in [5.74, 6) is 4.76. The number of carbonyl (C=O) groups is 1. The number of hydrogen-bond donors (Lipinski definition) is 1. The van der Waals surface area contributed by atoms with E-state index in [1.54, 1.807) is 12.1 Å². The molecule has 0 aliphatic heterocycles. The lowest BCUT2D eigenvalue weighted by molar-refractivity contribution is -0.117. The Morgan fingerprint density at radius 1 is 1.50 bits per heavy atom. The molecule has 0 atom stereocenters. The van der Waals surface area contributed by atoms with E-state index in [0.29, 0.717) is 10.7 Å². The molecule has 2 N–H and O–H groups in total. The molecule has 72 valence electrons. The highest BCUT2D eigenvalue weighted by Gasteiger charge is 1.98. The van der Waals surface area contributed by atoms with Gasteiger partial charge in [0, 0.05) is 0 Å². The molecule has 3 nitrogen and oxygen atoms in total. The maximum absolute atomic E-state index is 10.4. The van der Waals surface area contributed by atoms with Crippen LogP contribution in [-0.2, 0) is 4.79 Å². The Hall–Kier alpha value is -1.24. The van der Waals surface area contributed by atoms with E-state index in [9.17, 15) is 4.79 Å². The number of nitrogens with two attached hydrogens (primary N) is 1. The van der Waals surface area contributed by atoms with E-state index in [2.05, 4.69) is 16.8 Å². The monoisotopic (exact) mass is 228 g/mol. The van der Waals surface area contributed by atoms with E-state index in [1.807, 2.05) is 0 Å². The van der Waals surface area contributed by atoms with Gasteiger partial charge in [0.1, 0.15) is 10.3 Å². The topological polar surface area (TPSA) is 56.0 Å². The molecule has 0 saturated carbocycles. The molecule has 0 spiro atoms. The number of amides is 1. The molecule has 0 aliphatic rings. The van der Waals surface area contributed by atoms with Crippen molar-refractivity contribution in [2.45, 2.75) is 6.42 Å². The zero-order valence-corrected chi connectivity index (χ0v) is 8.56. The lowest BCUT2D eigenvalue weighted by Gasteiger charge is -1.94. The Labute approximate surface area is 91.2 Å². The highest BCUT2D eigenvalue weighted by Crippen LogP contribution is 2.15. The largest absolute Gasteiger partial charge is 0.369 e. The van der Waals surface area contributed by atoms with Crippen LogP contribution in [0.5, 0.6) is 0 Å². The number of pyridine rings is 1. The Balaban J connectivity index is 2.85. The molecular weight excluding hydrogens is 223 g/mol. The third-order valence-electron chi connectivity index (χ3n) is 1.30. The van der Waals surface area contributed by atoms with Crippen LogP contribution in [0.4, 0.5) is 0 Å². The van der Waals surface area contributed by atoms with Gasteiger partial charge in [0.05, 0.1) is 12.0 Å². The number of hydrogen-bond acceptors (Lipinski definition) is 2. The SMILES string of the molecule is NC(=O)CC#Cc1ccc(Cl)nc1Cl. The quantitative estimate of drug-likeness (QED) is 0.587. The summed E-state index contributed by atoms with van der Waals surface area (Å²) in [6.07, 6.45) is -0.00104. The van der Waals surface area contributed by atoms with Crippen molar-refractivity contribution in [2.24, 2.45) is 5.73 Å². The van der Waals surface area contributed by atoms with Gasteiger partial charge in [0.25, 0.3) is 0 Å². The fourth-order valence-corrected chi connectivity index (χ4v) is 1.12. The summed E-state index contributed by atoms with van der Waals surface area (Å²) in [4.78, 5) is 14.2. The van der Waals surface area contributed by atoms with Gasteiger partial charge in [-0.05, 0) is 12.1 Å². The van der Waals surface area contributed by atoms with Gasteiger partial charge < -0.3 is 5.73 Å². The molecule has 1 heterocycles. The molecule has 0 bridgehead atoms. The van der Waals surface area contributed by atoms with Crippen molar-refractivity contribution in [1.82, 2.24) is 4.98 Å².